The van der Waals surface area contributed by atoms with E-state index in [2.05, 4.69) is 15.5 Å². The molecule has 1 N–H and O–H groups in total. The molecule has 1 aromatic heterocycles. The SMILES string of the molecule is O=C(CSc1nnc(Nc2cccc(F)c2)s1)c1cccc(N2CCCC2=O)c1. The number of thioether (sulfide) groups is 1. The van der Waals surface area contributed by atoms with Crippen LogP contribution in [0.1, 0.15) is 23.2 Å². The third kappa shape index (κ3) is 4.80. The maximum Gasteiger partial charge on any atom is 0.227 e. The summed E-state index contributed by atoms with van der Waals surface area (Å²) < 4.78 is 13.9. The number of anilines is 3. The molecule has 0 saturated carbocycles. The first-order valence-electron chi connectivity index (χ1n) is 9.01. The molecule has 2 aromatic carbocycles. The maximum atomic E-state index is 13.3. The van der Waals surface area contributed by atoms with Crippen molar-refractivity contribution in [3.8, 4) is 0 Å². The molecule has 4 rings (SSSR count). The number of carbonyl (C=O) groups is 2. The first-order valence-corrected chi connectivity index (χ1v) is 10.8. The van der Waals surface area contributed by atoms with Gasteiger partial charge in [-0.2, -0.15) is 0 Å². The van der Waals surface area contributed by atoms with Crippen LogP contribution in [-0.4, -0.2) is 34.2 Å². The van der Waals surface area contributed by atoms with E-state index in [0.29, 0.717) is 33.7 Å². The Morgan fingerprint density at radius 3 is 2.86 bits per heavy atom. The Kier molecular flexibility index (Phi) is 5.86. The van der Waals surface area contributed by atoms with E-state index in [0.717, 1.165) is 12.1 Å². The molecule has 0 atom stereocenters. The molecule has 1 aliphatic heterocycles. The lowest BCUT2D eigenvalue weighted by Crippen LogP contribution is -2.23. The van der Waals surface area contributed by atoms with E-state index in [1.54, 1.807) is 35.2 Å². The summed E-state index contributed by atoms with van der Waals surface area (Å²) in [5.74, 6) is -0.0708. The van der Waals surface area contributed by atoms with Gasteiger partial charge in [0.15, 0.2) is 10.1 Å². The number of benzene rings is 2. The molecule has 3 aromatic rings. The predicted molar refractivity (Wildman–Crippen MR) is 113 cm³/mol. The van der Waals surface area contributed by atoms with Gasteiger partial charge in [-0.3, -0.25) is 9.59 Å². The zero-order valence-electron chi connectivity index (χ0n) is 15.3. The van der Waals surface area contributed by atoms with E-state index in [-0.39, 0.29) is 23.3 Å². The number of halogens is 1. The van der Waals surface area contributed by atoms with Crippen LogP contribution in [0.5, 0.6) is 0 Å². The van der Waals surface area contributed by atoms with Gasteiger partial charge in [0.1, 0.15) is 5.82 Å². The van der Waals surface area contributed by atoms with Gasteiger partial charge in [0, 0.05) is 29.9 Å². The molecule has 0 aliphatic carbocycles. The molecule has 0 spiro atoms. The molecule has 6 nitrogen and oxygen atoms in total. The fraction of sp³-hybridized carbons (Fsp3) is 0.200. The number of carbonyl (C=O) groups excluding carboxylic acids is 2. The topological polar surface area (TPSA) is 75.2 Å². The van der Waals surface area contributed by atoms with Crippen LogP contribution in [0, 0.1) is 5.82 Å². The molecule has 0 bridgehead atoms. The lowest BCUT2D eigenvalue weighted by atomic mass is 10.1. The monoisotopic (exact) mass is 428 g/mol. The Balaban J connectivity index is 1.36. The lowest BCUT2D eigenvalue weighted by molar-refractivity contribution is -0.117. The minimum atomic E-state index is -0.336. The Bertz CT molecular complexity index is 1060. The minimum Gasteiger partial charge on any atom is -0.330 e. The number of amides is 1. The smallest absolute Gasteiger partial charge is 0.227 e. The van der Waals surface area contributed by atoms with Crippen molar-refractivity contribution in [1.29, 1.82) is 0 Å². The molecule has 9 heteroatoms. The summed E-state index contributed by atoms with van der Waals surface area (Å²) in [5, 5.41) is 11.6. The molecule has 1 saturated heterocycles. The van der Waals surface area contributed by atoms with E-state index in [4.69, 9.17) is 0 Å². The molecule has 0 unspecified atom stereocenters. The van der Waals surface area contributed by atoms with Crippen molar-refractivity contribution in [3.05, 3.63) is 59.9 Å². The summed E-state index contributed by atoms with van der Waals surface area (Å²) in [6.45, 7) is 0.692. The van der Waals surface area contributed by atoms with Gasteiger partial charge < -0.3 is 10.2 Å². The predicted octanol–water partition coefficient (Wildman–Crippen LogP) is 4.52. The second-order valence-electron chi connectivity index (χ2n) is 6.42. The molecule has 148 valence electrons. The second-order valence-corrected chi connectivity index (χ2v) is 8.62. The summed E-state index contributed by atoms with van der Waals surface area (Å²) in [6.07, 6.45) is 1.40. The molecule has 2 heterocycles. The number of Topliss-reactive ketones (excluding diaryl/α,β-unsaturated/α-hetero) is 1. The van der Waals surface area contributed by atoms with Gasteiger partial charge in [0.2, 0.25) is 11.0 Å². The van der Waals surface area contributed by atoms with Gasteiger partial charge >= 0.3 is 0 Å². The van der Waals surface area contributed by atoms with Crippen LogP contribution < -0.4 is 10.2 Å². The summed E-state index contributed by atoms with van der Waals surface area (Å²) in [7, 11) is 0. The number of hydrogen-bond acceptors (Lipinski definition) is 7. The number of rotatable bonds is 7. The molecule has 1 amide bonds. The largest absolute Gasteiger partial charge is 0.330 e. The van der Waals surface area contributed by atoms with Gasteiger partial charge in [-0.15, -0.1) is 10.2 Å². The van der Waals surface area contributed by atoms with Gasteiger partial charge in [-0.25, -0.2) is 4.39 Å². The maximum absolute atomic E-state index is 13.3. The summed E-state index contributed by atoms with van der Waals surface area (Å²) in [6, 6.07) is 13.2. The normalized spacial score (nSPS) is 13.7. The van der Waals surface area contributed by atoms with Crippen molar-refractivity contribution in [2.45, 2.75) is 17.2 Å². The molecule has 29 heavy (non-hydrogen) atoms. The van der Waals surface area contributed by atoms with Crippen molar-refractivity contribution in [3.63, 3.8) is 0 Å². The van der Waals surface area contributed by atoms with Crippen LogP contribution in [0.3, 0.4) is 0 Å². The van der Waals surface area contributed by atoms with Gasteiger partial charge in [0.25, 0.3) is 0 Å². The highest BCUT2D eigenvalue weighted by molar-refractivity contribution is 8.01. The highest BCUT2D eigenvalue weighted by atomic mass is 32.2. The van der Waals surface area contributed by atoms with Crippen molar-refractivity contribution >= 4 is 51.3 Å². The summed E-state index contributed by atoms with van der Waals surface area (Å²) in [5.41, 5.74) is 1.92. The first-order chi connectivity index (χ1) is 14.1. The van der Waals surface area contributed by atoms with Crippen LogP contribution in [-0.2, 0) is 4.79 Å². The van der Waals surface area contributed by atoms with Crippen LogP contribution >= 0.6 is 23.1 Å². The zero-order valence-corrected chi connectivity index (χ0v) is 16.9. The average Bonchev–Trinajstić information content (AvgIpc) is 3.35. The highest BCUT2D eigenvalue weighted by Gasteiger charge is 2.22. The Hall–Kier alpha value is -2.78. The zero-order chi connectivity index (χ0) is 20.2. The standard InChI is InChI=1S/C20H17FN4O2S2/c21-14-5-2-6-15(11-14)22-19-23-24-20(29-19)28-12-17(26)13-4-1-7-16(10-13)25-9-3-8-18(25)27/h1-2,4-7,10-11H,3,8-9,12H2,(H,22,23). The number of hydrogen-bond donors (Lipinski definition) is 1. The summed E-state index contributed by atoms with van der Waals surface area (Å²) in [4.78, 5) is 26.2. The Morgan fingerprint density at radius 1 is 1.21 bits per heavy atom. The van der Waals surface area contributed by atoms with Crippen molar-refractivity contribution in [1.82, 2.24) is 10.2 Å². The number of nitrogens with zero attached hydrogens (tertiary/aromatic N) is 3. The van der Waals surface area contributed by atoms with E-state index < -0.39 is 0 Å². The van der Waals surface area contributed by atoms with E-state index in [9.17, 15) is 14.0 Å². The molecular formula is C20H17FN4O2S2. The molecule has 1 aliphatic rings. The van der Waals surface area contributed by atoms with Crippen LogP contribution in [0.2, 0.25) is 0 Å². The third-order valence-electron chi connectivity index (χ3n) is 4.36. The van der Waals surface area contributed by atoms with E-state index in [1.165, 1.54) is 35.2 Å². The highest BCUT2D eigenvalue weighted by Crippen LogP contribution is 2.29. The molecule has 1 fully saturated rings. The van der Waals surface area contributed by atoms with Crippen molar-refractivity contribution in [2.24, 2.45) is 0 Å². The number of aromatic nitrogens is 2. The van der Waals surface area contributed by atoms with Crippen molar-refractivity contribution < 1.29 is 14.0 Å². The van der Waals surface area contributed by atoms with Crippen molar-refractivity contribution in [2.75, 3.05) is 22.5 Å². The summed E-state index contributed by atoms with van der Waals surface area (Å²) >= 11 is 2.59. The van der Waals surface area contributed by atoms with E-state index >= 15 is 0 Å². The minimum absolute atomic E-state index is 0.0432. The van der Waals surface area contributed by atoms with Gasteiger partial charge in [-0.1, -0.05) is 41.3 Å². The third-order valence-corrected chi connectivity index (χ3v) is 6.33. The fourth-order valence-electron chi connectivity index (χ4n) is 2.99. The average molecular weight is 429 g/mol. The lowest BCUT2D eigenvalue weighted by Gasteiger charge is -2.16. The van der Waals surface area contributed by atoms with E-state index in [1.807, 2.05) is 6.07 Å². The quantitative estimate of drug-likeness (QED) is 0.440. The second kappa shape index (κ2) is 8.71. The Morgan fingerprint density at radius 2 is 2.07 bits per heavy atom. The van der Waals surface area contributed by atoms with Crippen LogP contribution in [0.15, 0.2) is 52.9 Å². The fourth-order valence-corrected chi connectivity index (χ4v) is 4.65. The van der Waals surface area contributed by atoms with Crippen LogP contribution in [0.4, 0.5) is 20.9 Å². The Labute approximate surface area is 175 Å². The molecular weight excluding hydrogens is 411 g/mol. The van der Waals surface area contributed by atoms with Gasteiger partial charge in [-0.05, 0) is 36.8 Å². The molecule has 0 radical (unpaired) electrons. The first kappa shape index (κ1) is 19.5. The van der Waals surface area contributed by atoms with Crippen LogP contribution in [0.25, 0.3) is 0 Å². The number of ketones is 1. The number of nitrogens with one attached hydrogen (secondary N) is 1. The van der Waals surface area contributed by atoms with Gasteiger partial charge in [0.05, 0.1) is 5.75 Å².